The van der Waals surface area contributed by atoms with Crippen molar-refractivity contribution in [3.8, 4) is 0 Å². The van der Waals surface area contributed by atoms with Crippen LogP contribution in [0, 0.1) is 5.92 Å². The molecule has 0 spiro atoms. The van der Waals surface area contributed by atoms with E-state index in [0.717, 1.165) is 25.9 Å². The van der Waals surface area contributed by atoms with Crippen LogP contribution in [0.15, 0.2) is 60.7 Å². The first-order chi connectivity index (χ1) is 16.0. The van der Waals surface area contributed by atoms with Crippen molar-refractivity contribution in [2.24, 2.45) is 5.92 Å². The first kappa shape index (κ1) is 23.9. The van der Waals surface area contributed by atoms with E-state index in [9.17, 15) is 13.2 Å². The van der Waals surface area contributed by atoms with Crippen LogP contribution in [0.3, 0.4) is 0 Å². The summed E-state index contributed by atoms with van der Waals surface area (Å²) < 4.78 is 26.6. The molecule has 0 aromatic heterocycles. The van der Waals surface area contributed by atoms with Gasteiger partial charge in [-0.3, -0.25) is 9.69 Å². The lowest BCUT2D eigenvalue weighted by atomic mass is 9.95. The van der Waals surface area contributed by atoms with E-state index in [1.54, 1.807) is 4.31 Å². The van der Waals surface area contributed by atoms with Gasteiger partial charge in [-0.05, 0) is 30.4 Å². The fourth-order valence-electron chi connectivity index (χ4n) is 5.13. The summed E-state index contributed by atoms with van der Waals surface area (Å²) in [6, 6.07) is 21.2. The fraction of sp³-hybridized carbons (Fsp3) is 0.500. The zero-order chi connectivity index (χ0) is 23.3. The second-order valence-corrected chi connectivity index (χ2v) is 11.2. The lowest BCUT2D eigenvalue weighted by Crippen LogP contribution is -2.53. The minimum Gasteiger partial charge on any atom is -0.340 e. The zero-order valence-electron chi connectivity index (χ0n) is 19.5. The van der Waals surface area contributed by atoms with E-state index in [4.69, 9.17) is 0 Å². The number of piperidine rings is 1. The number of carbonyl (C=O) groups is 1. The molecular weight excluding hydrogens is 434 g/mol. The van der Waals surface area contributed by atoms with Gasteiger partial charge in [0.1, 0.15) is 0 Å². The predicted octanol–water partition coefficient (Wildman–Crippen LogP) is 3.37. The van der Waals surface area contributed by atoms with Gasteiger partial charge in [-0.25, -0.2) is 12.7 Å². The van der Waals surface area contributed by atoms with Crippen molar-refractivity contribution in [1.29, 1.82) is 0 Å². The molecule has 2 heterocycles. The van der Waals surface area contributed by atoms with Gasteiger partial charge in [0.05, 0.1) is 17.7 Å². The average molecular weight is 470 g/mol. The molecule has 7 heteroatoms. The van der Waals surface area contributed by atoms with Gasteiger partial charge < -0.3 is 4.90 Å². The van der Waals surface area contributed by atoms with Crippen LogP contribution < -0.4 is 0 Å². The molecule has 0 aliphatic carbocycles. The van der Waals surface area contributed by atoms with Crippen molar-refractivity contribution >= 4 is 15.9 Å². The first-order valence-electron chi connectivity index (χ1n) is 12.1. The number of hydrogen-bond donors (Lipinski definition) is 0. The van der Waals surface area contributed by atoms with E-state index < -0.39 is 10.0 Å². The van der Waals surface area contributed by atoms with Gasteiger partial charge in [0.2, 0.25) is 15.9 Å². The molecule has 1 unspecified atom stereocenters. The van der Waals surface area contributed by atoms with Crippen molar-refractivity contribution in [2.75, 3.05) is 45.0 Å². The largest absolute Gasteiger partial charge is 0.340 e. The SMILES string of the molecule is CCCS(=O)(=O)N1CCCC(C(=O)N2CCN(C(c3ccccc3)c3ccccc3)CC2)C1. The molecule has 0 bridgehead atoms. The van der Waals surface area contributed by atoms with Gasteiger partial charge in [-0.2, -0.15) is 0 Å². The van der Waals surface area contributed by atoms with Crippen molar-refractivity contribution in [1.82, 2.24) is 14.1 Å². The van der Waals surface area contributed by atoms with E-state index in [2.05, 4.69) is 53.4 Å². The maximum absolute atomic E-state index is 13.3. The number of sulfonamides is 1. The van der Waals surface area contributed by atoms with Crippen molar-refractivity contribution in [2.45, 2.75) is 32.2 Å². The quantitative estimate of drug-likeness (QED) is 0.624. The molecule has 2 saturated heterocycles. The zero-order valence-corrected chi connectivity index (χ0v) is 20.3. The topological polar surface area (TPSA) is 60.9 Å². The molecule has 0 saturated carbocycles. The van der Waals surface area contributed by atoms with Gasteiger partial charge >= 0.3 is 0 Å². The molecule has 0 radical (unpaired) electrons. The number of hydrogen-bond acceptors (Lipinski definition) is 4. The summed E-state index contributed by atoms with van der Waals surface area (Å²) in [5.41, 5.74) is 2.51. The lowest BCUT2D eigenvalue weighted by Gasteiger charge is -2.41. The van der Waals surface area contributed by atoms with E-state index in [1.807, 2.05) is 24.0 Å². The highest BCUT2D eigenvalue weighted by Gasteiger charge is 2.35. The van der Waals surface area contributed by atoms with Crippen LogP contribution in [0.5, 0.6) is 0 Å². The molecule has 2 fully saturated rings. The molecule has 33 heavy (non-hydrogen) atoms. The summed E-state index contributed by atoms with van der Waals surface area (Å²) in [5.74, 6) is 0.0467. The second-order valence-electron chi connectivity index (χ2n) is 9.10. The Kier molecular flexibility index (Phi) is 7.83. The number of amides is 1. The molecule has 178 valence electrons. The lowest BCUT2D eigenvalue weighted by molar-refractivity contribution is -0.138. The van der Waals surface area contributed by atoms with Gasteiger partial charge in [0, 0.05) is 39.3 Å². The fourth-order valence-corrected chi connectivity index (χ4v) is 6.72. The van der Waals surface area contributed by atoms with Crippen LogP contribution in [0.4, 0.5) is 0 Å². The Labute approximate surface area is 198 Å². The normalized spacial score (nSPS) is 20.8. The van der Waals surface area contributed by atoms with Gasteiger partial charge in [0.15, 0.2) is 0 Å². The Bertz CT molecular complexity index is 966. The van der Waals surface area contributed by atoms with Crippen LogP contribution in [-0.4, -0.2) is 73.5 Å². The summed E-state index contributed by atoms with van der Waals surface area (Å²) in [6.07, 6.45) is 2.13. The third-order valence-electron chi connectivity index (χ3n) is 6.81. The predicted molar refractivity (Wildman–Crippen MR) is 131 cm³/mol. The minimum atomic E-state index is -3.26. The number of rotatable bonds is 7. The van der Waals surface area contributed by atoms with Crippen LogP contribution in [0.25, 0.3) is 0 Å². The third-order valence-corrected chi connectivity index (χ3v) is 8.85. The Morgan fingerprint density at radius 2 is 1.48 bits per heavy atom. The monoisotopic (exact) mass is 469 g/mol. The molecule has 2 aliphatic heterocycles. The summed E-state index contributed by atoms with van der Waals surface area (Å²) in [6.45, 7) is 5.69. The molecular formula is C26H35N3O3S. The first-order valence-corrected chi connectivity index (χ1v) is 13.7. The molecule has 1 atom stereocenters. The highest BCUT2D eigenvalue weighted by atomic mass is 32.2. The smallest absolute Gasteiger partial charge is 0.227 e. The molecule has 1 amide bonds. The standard InChI is InChI=1S/C26H35N3O3S/c1-2-20-33(31,32)29-15-9-14-24(21-29)26(30)28-18-16-27(17-19-28)25(22-10-5-3-6-11-22)23-12-7-4-8-13-23/h3-8,10-13,24-25H,2,9,14-21H2,1H3. The van der Waals surface area contributed by atoms with E-state index in [0.29, 0.717) is 32.6 Å². The molecule has 0 N–H and O–H groups in total. The maximum atomic E-state index is 13.3. The number of carbonyl (C=O) groups excluding carboxylic acids is 1. The van der Waals surface area contributed by atoms with Crippen LogP contribution >= 0.6 is 0 Å². The summed E-state index contributed by atoms with van der Waals surface area (Å²) in [4.78, 5) is 17.7. The Balaban J connectivity index is 1.42. The van der Waals surface area contributed by atoms with Crippen molar-refractivity contribution in [3.05, 3.63) is 71.8 Å². The van der Waals surface area contributed by atoms with Crippen molar-refractivity contribution in [3.63, 3.8) is 0 Å². The van der Waals surface area contributed by atoms with Crippen molar-refractivity contribution < 1.29 is 13.2 Å². The molecule has 2 aromatic rings. The highest BCUT2D eigenvalue weighted by molar-refractivity contribution is 7.89. The van der Waals surface area contributed by atoms with E-state index in [-0.39, 0.29) is 23.6 Å². The average Bonchev–Trinajstić information content (AvgIpc) is 2.86. The molecule has 2 aliphatic rings. The van der Waals surface area contributed by atoms with Gasteiger partial charge in [-0.1, -0.05) is 67.6 Å². The maximum Gasteiger partial charge on any atom is 0.227 e. The van der Waals surface area contributed by atoms with Crippen LogP contribution in [0.2, 0.25) is 0 Å². The Morgan fingerprint density at radius 3 is 2.03 bits per heavy atom. The molecule has 2 aromatic carbocycles. The van der Waals surface area contributed by atoms with Crippen LogP contribution in [-0.2, 0) is 14.8 Å². The number of benzene rings is 2. The number of nitrogens with zero attached hydrogens (tertiary/aromatic N) is 3. The second kappa shape index (κ2) is 10.8. The highest BCUT2D eigenvalue weighted by Crippen LogP contribution is 2.30. The van der Waals surface area contributed by atoms with Crippen LogP contribution in [0.1, 0.15) is 43.4 Å². The van der Waals surface area contributed by atoms with E-state index >= 15 is 0 Å². The Hall–Kier alpha value is -2.22. The Morgan fingerprint density at radius 1 is 0.909 bits per heavy atom. The summed E-state index contributed by atoms with van der Waals surface area (Å²) in [5, 5.41) is 0. The van der Waals surface area contributed by atoms with Gasteiger partial charge in [-0.15, -0.1) is 0 Å². The van der Waals surface area contributed by atoms with Gasteiger partial charge in [0.25, 0.3) is 0 Å². The third kappa shape index (κ3) is 5.65. The summed E-state index contributed by atoms with van der Waals surface area (Å²) in [7, 11) is -3.26. The molecule has 6 nitrogen and oxygen atoms in total. The summed E-state index contributed by atoms with van der Waals surface area (Å²) >= 11 is 0. The number of piperazine rings is 1. The van der Waals surface area contributed by atoms with E-state index in [1.165, 1.54) is 11.1 Å². The minimum absolute atomic E-state index is 0.113. The molecule has 4 rings (SSSR count).